The number of benzene rings is 2. The highest BCUT2D eigenvalue weighted by Crippen LogP contribution is 2.29. The molecule has 0 N–H and O–H groups in total. The molecule has 0 aliphatic carbocycles. The summed E-state index contributed by atoms with van der Waals surface area (Å²) in [5.41, 5.74) is 0.678. The Balaban J connectivity index is 1.90. The standard InChI is InChI=1S/C28H29F3O6/c1-3-4-18-37-25(32)19-36-17-5-6-20-7-9-21(10-8-20)11-16-24(27(34)35-2)26(33)22-12-14-23(15-13-22)28(29,30)31/h7-10,12-15,24H,3-4,11,16-19H2,1-2H3. The van der Waals surface area contributed by atoms with Crippen molar-refractivity contribution in [3.8, 4) is 11.8 Å². The molecule has 6 nitrogen and oxygen atoms in total. The second-order valence-electron chi connectivity index (χ2n) is 8.12. The molecule has 0 saturated carbocycles. The van der Waals surface area contributed by atoms with Gasteiger partial charge in [0.05, 0.1) is 19.3 Å². The fourth-order valence-corrected chi connectivity index (χ4v) is 3.28. The molecule has 0 fully saturated rings. The van der Waals surface area contributed by atoms with E-state index in [2.05, 4.69) is 11.8 Å². The monoisotopic (exact) mass is 518 g/mol. The lowest BCUT2D eigenvalue weighted by Crippen LogP contribution is -2.26. The highest BCUT2D eigenvalue weighted by Gasteiger charge is 2.32. The second-order valence-corrected chi connectivity index (χ2v) is 8.12. The molecule has 0 bridgehead atoms. The number of alkyl halides is 3. The van der Waals surface area contributed by atoms with Crippen molar-refractivity contribution in [1.82, 2.24) is 0 Å². The van der Waals surface area contributed by atoms with Gasteiger partial charge in [-0.25, -0.2) is 4.79 Å². The van der Waals surface area contributed by atoms with Crippen molar-refractivity contribution in [2.45, 2.75) is 38.8 Å². The second kappa shape index (κ2) is 14.8. The first-order chi connectivity index (χ1) is 17.7. The molecule has 2 aromatic carbocycles. The van der Waals surface area contributed by atoms with E-state index in [1.54, 1.807) is 24.3 Å². The number of unbranched alkanes of at least 4 members (excludes halogenated alkanes) is 1. The molecule has 0 radical (unpaired) electrons. The molecule has 0 aliphatic heterocycles. The lowest BCUT2D eigenvalue weighted by atomic mass is 9.91. The summed E-state index contributed by atoms with van der Waals surface area (Å²) in [6, 6.07) is 10.9. The van der Waals surface area contributed by atoms with Crippen LogP contribution in [-0.4, -0.2) is 44.7 Å². The van der Waals surface area contributed by atoms with E-state index >= 15 is 0 Å². The summed E-state index contributed by atoms with van der Waals surface area (Å²) < 4.78 is 53.3. The van der Waals surface area contributed by atoms with Crippen LogP contribution in [0.1, 0.15) is 53.2 Å². The Labute approximate surface area is 214 Å². The number of rotatable bonds is 12. The molecule has 198 valence electrons. The van der Waals surface area contributed by atoms with Gasteiger partial charge in [0.1, 0.15) is 19.1 Å². The summed E-state index contributed by atoms with van der Waals surface area (Å²) >= 11 is 0. The van der Waals surface area contributed by atoms with Gasteiger partial charge in [0, 0.05) is 11.1 Å². The topological polar surface area (TPSA) is 78.9 Å². The predicted octanol–water partition coefficient (Wildman–Crippen LogP) is 5.02. The number of hydrogen-bond acceptors (Lipinski definition) is 6. The number of esters is 2. The maximum atomic E-state index is 12.8. The molecular weight excluding hydrogens is 489 g/mol. The Morgan fingerprint density at radius 2 is 1.68 bits per heavy atom. The van der Waals surface area contributed by atoms with Gasteiger partial charge in [-0.05, 0) is 49.1 Å². The third-order valence-electron chi connectivity index (χ3n) is 5.36. The van der Waals surface area contributed by atoms with Crippen molar-refractivity contribution in [3.63, 3.8) is 0 Å². The molecule has 1 unspecified atom stereocenters. The minimum Gasteiger partial charge on any atom is -0.468 e. The van der Waals surface area contributed by atoms with Crippen LogP contribution in [0.4, 0.5) is 13.2 Å². The van der Waals surface area contributed by atoms with Gasteiger partial charge < -0.3 is 14.2 Å². The summed E-state index contributed by atoms with van der Waals surface area (Å²) in [5.74, 6) is 2.79. The van der Waals surface area contributed by atoms with Crippen LogP contribution in [0.25, 0.3) is 0 Å². The van der Waals surface area contributed by atoms with E-state index in [9.17, 15) is 27.6 Å². The van der Waals surface area contributed by atoms with Crippen molar-refractivity contribution in [2.24, 2.45) is 5.92 Å². The van der Waals surface area contributed by atoms with Crippen LogP contribution in [0.2, 0.25) is 0 Å². The first kappa shape index (κ1) is 29.6. The largest absolute Gasteiger partial charge is 0.468 e. The Bertz CT molecular complexity index is 1100. The quantitative estimate of drug-likeness (QED) is 0.129. The van der Waals surface area contributed by atoms with Crippen molar-refractivity contribution >= 4 is 17.7 Å². The molecule has 37 heavy (non-hydrogen) atoms. The number of Topliss-reactive ketones (excluding diaryl/α,β-unsaturated/α-hetero) is 1. The van der Waals surface area contributed by atoms with E-state index in [1.807, 2.05) is 6.92 Å². The third kappa shape index (κ3) is 10.1. The van der Waals surface area contributed by atoms with Crippen molar-refractivity contribution in [1.29, 1.82) is 0 Å². The van der Waals surface area contributed by atoms with Gasteiger partial charge in [0.2, 0.25) is 0 Å². The summed E-state index contributed by atoms with van der Waals surface area (Å²) in [6.07, 6.45) is -2.29. The summed E-state index contributed by atoms with van der Waals surface area (Å²) in [4.78, 5) is 36.5. The van der Waals surface area contributed by atoms with Crippen LogP contribution in [0, 0.1) is 17.8 Å². The lowest BCUT2D eigenvalue weighted by Gasteiger charge is -2.14. The van der Waals surface area contributed by atoms with Crippen LogP contribution in [0.15, 0.2) is 48.5 Å². The van der Waals surface area contributed by atoms with Crippen LogP contribution in [-0.2, 0) is 36.4 Å². The molecule has 0 spiro atoms. The number of hydrogen-bond donors (Lipinski definition) is 0. The molecule has 2 rings (SSSR count). The maximum absolute atomic E-state index is 12.8. The smallest absolute Gasteiger partial charge is 0.416 e. The van der Waals surface area contributed by atoms with E-state index in [4.69, 9.17) is 14.2 Å². The molecular formula is C28H29F3O6. The molecule has 1 atom stereocenters. The number of ether oxygens (including phenoxy) is 3. The molecule has 0 saturated heterocycles. The molecule has 9 heteroatoms. The van der Waals surface area contributed by atoms with E-state index in [0.717, 1.165) is 49.8 Å². The van der Waals surface area contributed by atoms with Gasteiger partial charge in [0.25, 0.3) is 0 Å². The minimum absolute atomic E-state index is 0.00506. The fourth-order valence-electron chi connectivity index (χ4n) is 3.28. The van der Waals surface area contributed by atoms with E-state index in [-0.39, 0.29) is 25.2 Å². The SMILES string of the molecule is CCCCOC(=O)COCC#Cc1ccc(CCC(C(=O)OC)C(=O)c2ccc(C(F)(F)F)cc2)cc1. The van der Waals surface area contributed by atoms with Crippen LogP contribution < -0.4 is 0 Å². The zero-order valence-electron chi connectivity index (χ0n) is 20.7. The molecule has 0 amide bonds. The van der Waals surface area contributed by atoms with Gasteiger partial charge in [-0.3, -0.25) is 9.59 Å². The number of methoxy groups -OCH3 is 1. The summed E-state index contributed by atoms with van der Waals surface area (Å²) in [6.45, 7) is 2.28. The third-order valence-corrected chi connectivity index (χ3v) is 5.36. The minimum atomic E-state index is -4.52. The highest BCUT2D eigenvalue weighted by atomic mass is 19.4. The maximum Gasteiger partial charge on any atom is 0.416 e. The van der Waals surface area contributed by atoms with E-state index in [0.29, 0.717) is 18.6 Å². The zero-order chi connectivity index (χ0) is 27.3. The molecule has 2 aromatic rings. The van der Waals surface area contributed by atoms with E-state index < -0.39 is 35.4 Å². The average molecular weight is 519 g/mol. The van der Waals surface area contributed by atoms with Gasteiger partial charge in [-0.15, -0.1) is 0 Å². The number of carbonyl (C=O) groups is 3. The summed E-state index contributed by atoms with van der Waals surface area (Å²) in [7, 11) is 1.15. The number of carbonyl (C=O) groups excluding carboxylic acids is 3. The zero-order valence-corrected chi connectivity index (χ0v) is 20.7. The van der Waals surface area contributed by atoms with Crippen molar-refractivity contribution in [2.75, 3.05) is 26.9 Å². The lowest BCUT2D eigenvalue weighted by molar-refractivity contribution is -0.148. The Morgan fingerprint density at radius 3 is 2.27 bits per heavy atom. The van der Waals surface area contributed by atoms with E-state index in [1.165, 1.54) is 0 Å². The van der Waals surface area contributed by atoms with Gasteiger partial charge >= 0.3 is 18.1 Å². The van der Waals surface area contributed by atoms with Crippen LogP contribution >= 0.6 is 0 Å². The van der Waals surface area contributed by atoms with Gasteiger partial charge in [0.15, 0.2) is 5.78 Å². The average Bonchev–Trinajstić information content (AvgIpc) is 2.88. The number of ketones is 1. The Morgan fingerprint density at radius 1 is 1.00 bits per heavy atom. The molecule has 0 aliphatic rings. The number of halogens is 3. The van der Waals surface area contributed by atoms with Crippen LogP contribution in [0.5, 0.6) is 0 Å². The van der Waals surface area contributed by atoms with Crippen LogP contribution in [0.3, 0.4) is 0 Å². The van der Waals surface area contributed by atoms with Crippen molar-refractivity contribution < 1.29 is 41.8 Å². The first-order valence-corrected chi connectivity index (χ1v) is 11.8. The van der Waals surface area contributed by atoms with Gasteiger partial charge in [-0.1, -0.05) is 49.5 Å². The highest BCUT2D eigenvalue weighted by molar-refractivity contribution is 6.08. The Kier molecular flexibility index (Phi) is 11.8. The first-order valence-electron chi connectivity index (χ1n) is 11.8. The predicted molar refractivity (Wildman–Crippen MR) is 130 cm³/mol. The normalized spacial score (nSPS) is 11.7. The van der Waals surface area contributed by atoms with Gasteiger partial charge in [-0.2, -0.15) is 13.2 Å². The fraction of sp³-hybridized carbons (Fsp3) is 0.393. The molecule has 0 heterocycles. The number of aryl methyl sites for hydroxylation is 1. The summed E-state index contributed by atoms with van der Waals surface area (Å²) in [5, 5.41) is 0. The van der Waals surface area contributed by atoms with Crippen molar-refractivity contribution in [3.05, 3.63) is 70.8 Å². The Hall–Kier alpha value is -3.64. The molecule has 0 aromatic heterocycles.